The Kier molecular flexibility index (Phi) is 5.21. The average Bonchev–Trinajstić information content (AvgIpc) is 2.93. The number of rotatable bonds is 5. The minimum absolute atomic E-state index is 0.591. The molecule has 0 aliphatic carbocycles. The van der Waals surface area contributed by atoms with E-state index in [9.17, 15) is 0 Å². The molecule has 0 bridgehead atoms. The second-order valence-corrected chi connectivity index (χ2v) is 6.42. The third-order valence-corrected chi connectivity index (χ3v) is 4.68. The lowest BCUT2D eigenvalue weighted by Gasteiger charge is -2.17. The van der Waals surface area contributed by atoms with Crippen LogP contribution in [0.2, 0.25) is 0 Å². The number of hydrogen-bond acceptors (Lipinski definition) is 3. The minimum atomic E-state index is 0.591. The second kappa shape index (κ2) is 7.56. The highest BCUT2D eigenvalue weighted by atomic mass is 16.5. The molecule has 3 rings (SSSR count). The third kappa shape index (κ3) is 3.40. The first-order valence-electron chi connectivity index (χ1n) is 8.87. The van der Waals surface area contributed by atoms with Gasteiger partial charge in [-0.15, -0.1) is 0 Å². The van der Waals surface area contributed by atoms with E-state index < -0.39 is 0 Å². The van der Waals surface area contributed by atoms with Crippen LogP contribution >= 0.6 is 0 Å². The summed E-state index contributed by atoms with van der Waals surface area (Å²) in [6, 6.07) is 12.4. The van der Waals surface area contributed by atoms with Gasteiger partial charge in [0.25, 0.3) is 0 Å². The van der Waals surface area contributed by atoms with E-state index >= 15 is 0 Å². The summed E-state index contributed by atoms with van der Waals surface area (Å²) in [4.78, 5) is 8.76. The summed E-state index contributed by atoms with van der Waals surface area (Å²) in [5.74, 6) is 0.591. The first-order valence-corrected chi connectivity index (χ1v) is 8.87. The van der Waals surface area contributed by atoms with Crippen LogP contribution in [0, 0.1) is 20.8 Å². The average molecular weight is 347 g/mol. The maximum absolute atomic E-state index is 5.09. The Bertz CT molecular complexity index is 937. The molecule has 0 amide bonds. The van der Waals surface area contributed by atoms with Crippen molar-refractivity contribution in [2.24, 2.45) is 4.99 Å². The van der Waals surface area contributed by atoms with Gasteiger partial charge in [-0.05, 0) is 50.5 Å². The zero-order valence-corrected chi connectivity index (χ0v) is 16.1. The number of para-hydroxylation sites is 1. The van der Waals surface area contributed by atoms with Gasteiger partial charge in [-0.2, -0.15) is 0 Å². The van der Waals surface area contributed by atoms with Crippen molar-refractivity contribution in [2.75, 3.05) is 7.11 Å². The van der Waals surface area contributed by atoms with Gasteiger partial charge in [-0.25, -0.2) is 4.98 Å². The summed E-state index contributed by atoms with van der Waals surface area (Å²) < 4.78 is 7.42. The lowest BCUT2D eigenvalue weighted by molar-refractivity contribution is 0.398. The summed E-state index contributed by atoms with van der Waals surface area (Å²) in [6.07, 6.45) is 4.63. The number of pyridine rings is 1. The molecule has 0 unspecified atom stereocenters. The smallest absolute Gasteiger partial charge is 0.213 e. The Labute approximate surface area is 155 Å². The molecular weight excluding hydrogens is 322 g/mol. The molecule has 2 aromatic heterocycles. The van der Waals surface area contributed by atoms with Gasteiger partial charge >= 0.3 is 0 Å². The lowest BCUT2D eigenvalue weighted by atomic mass is 10.1. The van der Waals surface area contributed by atoms with Crippen LogP contribution in [0.15, 0.2) is 47.6 Å². The van der Waals surface area contributed by atoms with Gasteiger partial charge in [-0.1, -0.05) is 25.1 Å². The van der Waals surface area contributed by atoms with Crippen LogP contribution in [0.4, 0.5) is 5.69 Å². The fraction of sp³-hybridized carbons (Fsp3) is 0.273. The number of nitrogens with zero attached hydrogens (tertiary/aromatic N) is 3. The van der Waals surface area contributed by atoms with Crippen molar-refractivity contribution in [3.8, 4) is 11.6 Å². The van der Waals surface area contributed by atoms with E-state index in [-0.39, 0.29) is 0 Å². The maximum atomic E-state index is 5.09. The maximum Gasteiger partial charge on any atom is 0.213 e. The summed E-state index contributed by atoms with van der Waals surface area (Å²) in [7, 11) is 1.61. The summed E-state index contributed by atoms with van der Waals surface area (Å²) in [6.45, 7) is 8.66. The fourth-order valence-corrected chi connectivity index (χ4v) is 3.30. The number of hydrogen-bond donors (Lipinski definition) is 0. The molecule has 26 heavy (non-hydrogen) atoms. The molecule has 3 aromatic rings. The highest BCUT2D eigenvalue weighted by Crippen LogP contribution is 2.26. The molecule has 0 aliphatic rings. The molecule has 2 heterocycles. The molecular formula is C22H25N3O. The van der Waals surface area contributed by atoms with E-state index in [0.29, 0.717) is 5.88 Å². The molecule has 0 saturated heterocycles. The van der Waals surface area contributed by atoms with E-state index in [2.05, 4.69) is 66.5 Å². The van der Waals surface area contributed by atoms with E-state index in [4.69, 9.17) is 4.74 Å². The predicted octanol–water partition coefficient (Wildman–Crippen LogP) is 5.12. The molecule has 4 nitrogen and oxygen atoms in total. The van der Waals surface area contributed by atoms with Gasteiger partial charge in [0.15, 0.2) is 0 Å². The van der Waals surface area contributed by atoms with Crippen molar-refractivity contribution < 1.29 is 4.74 Å². The Morgan fingerprint density at radius 1 is 1.15 bits per heavy atom. The minimum Gasteiger partial charge on any atom is -0.481 e. The van der Waals surface area contributed by atoms with Crippen LogP contribution in [-0.4, -0.2) is 22.9 Å². The highest BCUT2D eigenvalue weighted by molar-refractivity contribution is 5.84. The SMILES string of the molecule is CCc1cccc(C)c1-n1c(C)cc(C=Nc2ccc(OC)nc2)c1C. The van der Waals surface area contributed by atoms with Gasteiger partial charge in [0.05, 0.1) is 24.7 Å². The normalized spacial score (nSPS) is 11.3. The second-order valence-electron chi connectivity index (χ2n) is 6.42. The number of aryl methyl sites for hydroxylation is 3. The largest absolute Gasteiger partial charge is 0.481 e. The molecule has 0 atom stereocenters. The first-order chi connectivity index (χ1) is 12.5. The Morgan fingerprint density at radius 3 is 2.62 bits per heavy atom. The number of ether oxygens (including phenoxy) is 1. The van der Waals surface area contributed by atoms with Gasteiger partial charge in [0.1, 0.15) is 0 Å². The van der Waals surface area contributed by atoms with Crippen molar-refractivity contribution in [2.45, 2.75) is 34.1 Å². The standard InChI is InChI=1S/C22H25N3O/c1-6-18-9-7-8-15(2)22(18)25-16(3)12-19(17(25)4)13-23-20-10-11-21(26-5)24-14-20/h7-14H,6H2,1-5H3. The predicted molar refractivity (Wildman–Crippen MR) is 107 cm³/mol. The molecule has 1 aromatic carbocycles. The van der Waals surface area contributed by atoms with Crippen LogP contribution in [0.5, 0.6) is 5.88 Å². The molecule has 0 saturated carbocycles. The molecule has 0 aliphatic heterocycles. The summed E-state index contributed by atoms with van der Waals surface area (Å²) in [5.41, 5.74) is 8.25. The number of benzene rings is 1. The summed E-state index contributed by atoms with van der Waals surface area (Å²) >= 11 is 0. The van der Waals surface area contributed by atoms with E-state index in [1.807, 2.05) is 18.3 Å². The Morgan fingerprint density at radius 2 is 1.96 bits per heavy atom. The highest BCUT2D eigenvalue weighted by Gasteiger charge is 2.14. The Hall–Kier alpha value is -2.88. The topological polar surface area (TPSA) is 39.4 Å². The van der Waals surface area contributed by atoms with Crippen LogP contribution in [0.1, 0.15) is 35.0 Å². The fourth-order valence-electron chi connectivity index (χ4n) is 3.30. The van der Waals surface area contributed by atoms with Crippen molar-refractivity contribution >= 4 is 11.9 Å². The van der Waals surface area contributed by atoms with E-state index in [1.165, 1.54) is 28.2 Å². The van der Waals surface area contributed by atoms with Gasteiger partial charge in [0, 0.05) is 29.2 Å². The number of aliphatic imine (C=N–C) groups is 1. The molecule has 0 radical (unpaired) electrons. The van der Waals surface area contributed by atoms with Crippen molar-refractivity contribution in [1.29, 1.82) is 0 Å². The molecule has 0 fully saturated rings. The van der Waals surface area contributed by atoms with Crippen LogP contribution < -0.4 is 4.74 Å². The number of methoxy groups -OCH3 is 1. The van der Waals surface area contributed by atoms with E-state index in [1.54, 1.807) is 13.3 Å². The monoisotopic (exact) mass is 347 g/mol. The van der Waals surface area contributed by atoms with Crippen molar-refractivity contribution in [3.05, 3.63) is 70.7 Å². The number of aromatic nitrogens is 2. The Balaban J connectivity index is 2.00. The van der Waals surface area contributed by atoms with Gasteiger partial charge in [-0.3, -0.25) is 4.99 Å². The zero-order valence-electron chi connectivity index (χ0n) is 16.1. The van der Waals surface area contributed by atoms with Crippen LogP contribution in [-0.2, 0) is 6.42 Å². The van der Waals surface area contributed by atoms with Crippen molar-refractivity contribution in [1.82, 2.24) is 9.55 Å². The van der Waals surface area contributed by atoms with Crippen LogP contribution in [0.25, 0.3) is 5.69 Å². The summed E-state index contributed by atoms with van der Waals surface area (Å²) in [5, 5.41) is 0. The van der Waals surface area contributed by atoms with E-state index in [0.717, 1.165) is 17.7 Å². The van der Waals surface area contributed by atoms with Crippen molar-refractivity contribution in [3.63, 3.8) is 0 Å². The van der Waals surface area contributed by atoms with Gasteiger partial charge in [0.2, 0.25) is 5.88 Å². The molecule has 0 N–H and O–H groups in total. The zero-order chi connectivity index (χ0) is 18.7. The van der Waals surface area contributed by atoms with Crippen LogP contribution in [0.3, 0.4) is 0 Å². The first kappa shape index (κ1) is 17.9. The van der Waals surface area contributed by atoms with Gasteiger partial charge < -0.3 is 9.30 Å². The molecule has 4 heteroatoms. The molecule has 134 valence electrons. The quantitative estimate of drug-likeness (QED) is 0.601. The lowest BCUT2D eigenvalue weighted by Crippen LogP contribution is -2.05. The third-order valence-electron chi connectivity index (χ3n) is 4.68. The molecule has 0 spiro atoms.